The van der Waals surface area contributed by atoms with E-state index in [0.717, 1.165) is 32.5 Å². The summed E-state index contributed by atoms with van der Waals surface area (Å²) in [4.78, 5) is 2.26. The fourth-order valence-corrected chi connectivity index (χ4v) is 1.43. The molecule has 0 aromatic rings. The highest BCUT2D eigenvalue weighted by Crippen LogP contribution is 1.95. The zero-order valence-corrected chi connectivity index (χ0v) is 9.62. The van der Waals surface area contributed by atoms with Crippen molar-refractivity contribution in [2.45, 2.75) is 18.9 Å². The second-order valence-corrected chi connectivity index (χ2v) is 3.61. The first kappa shape index (κ1) is 13.8. The zero-order chi connectivity index (χ0) is 10.8. The van der Waals surface area contributed by atoms with Crippen molar-refractivity contribution in [3.05, 3.63) is 0 Å². The van der Waals surface area contributed by atoms with Gasteiger partial charge in [-0.2, -0.15) is 0 Å². The molecule has 0 saturated heterocycles. The lowest BCUT2D eigenvalue weighted by atomic mass is 10.2. The number of rotatable bonds is 9. The van der Waals surface area contributed by atoms with E-state index in [-0.39, 0.29) is 6.61 Å². The first-order chi connectivity index (χ1) is 6.74. The summed E-state index contributed by atoms with van der Waals surface area (Å²) in [5, 5.41) is 12.0. The highest BCUT2D eigenvalue weighted by atomic mass is 16.5. The topological polar surface area (TPSA) is 44.7 Å². The van der Waals surface area contributed by atoms with Crippen molar-refractivity contribution < 1.29 is 9.84 Å². The van der Waals surface area contributed by atoms with Gasteiger partial charge in [0.15, 0.2) is 0 Å². The molecule has 0 amide bonds. The van der Waals surface area contributed by atoms with Crippen LogP contribution in [0, 0.1) is 0 Å². The number of ether oxygens (including phenoxy) is 1. The molecule has 14 heavy (non-hydrogen) atoms. The molecular formula is C10H24N2O2. The molecule has 2 N–H and O–H groups in total. The van der Waals surface area contributed by atoms with Crippen LogP contribution in [0.25, 0.3) is 0 Å². The predicted octanol–water partition coefficient (Wildman–Crippen LogP) is -0.0749. The molecule has 0 aliphatic heterocycles. The Kier molecular flexibility index (Phi) is 9.29. The van der Waals surface area contributed by atoms with Crippen LogP contribution in [0.2, 0.25) is 0 Å². The number of hydrogen-bond acceptors (Lipinski definition) is 4. The van der Waals surface area contributed by atoms with Gasteiger partial charge >= 0.3 is 0 Å². The van der Waals surface area contributed by atoms with Crippen LogP contribution in [0.5, 0.6) is 0 Å². The first-order valence-electron chi connectivity index (χ1n) is 5.20. The number of nitrogens with zero attached hydrogens (tertiary/aromatic N) is 1. The van der Waals surface area contributed by atoms with Gasteiger partial charge in [0.05, 0.1) is 0 Å². The maximum absolute atomic E-state index is 8.82. The monoisotopic (exact) mass is 204 g/mol. The normalized spacial score (nSPS) is 13.5. The van der Waals surface area contributed by atoms with Crippen molar-refractivity contribution in [2.75, 3.05) is 47.5 Å². The predicted molar refractivity (Wildman–Crippen MR) is 58.5 cm³/mol. The Morgan fingerprint density at radius 3 is 2.71 bits per heavy atom. The molecule has 0 bridgehead atoms. The van der Waals surface area contributed by atoms with Crippen molar-refractivity contribution in [1.82, 2.24) is 10.2 Å². The third kappa shape index (κ3) is 7.26. The Labute approximate surface area is 87.2 Å². The van der Waals surface area contributed by atoms with Gasteiger partial charge in [0.1, 0.15) is 0 Å². The summed E-state index contributed by atoms with van der Waals surface area (Å²) in [6, 6.07) is 0.382. The average Bonchev–Trinajstić information content (AvgIpc) is 2.17. The van der Waals surface area contributed by atoms with Gasteiger partial charge in [-0.25, -0.2) is 0 Å². The van der Waals surface area contributed by atoms with Gasteiger partial charge in [0, 0.05) is 39.5 Å². The first-order valence-corrected chi connectivity index (χ1v) is 5.20. The van der Waals surface area contributed by atoms with Crippen molar-refractivity contribution >= 4 is 0 Å². The summed E-state index contributed by atoms with van der Waals surface area (Å²) >= 11 is 0. The molecule has 4 heteroatoms. The molecule has 86 valence electrons. The third-order valence-electron chi connectivity index (χ3n) is 2.31. The lowest BCUT2D eigenvalue weighted by Gasteiger charge is -2.23. The summed E-state index contributed by atoms with van der Waals surface area (Å²) < 4.78 is 4.99. The maximum Gasteiger partial charge on any atom is 0.0474 e. The third-order valence-corrected chi connectivity index (χ3v) is 2.31. The molecule has 0 aromatic heterocycles. The molecule has 1 unspecified atom stereocenters. The van der Waals surface area contributed by atoms with Crippen LogP contribution in [0.15, 0.2) is 0 Å². The fraction of sp³-hybridized carbons (Fsp3) is 1.00. The smallest absolute Gasteiger partial charge is 0.0474 e. The summed E-state index contributed by atoms with van der Waals surface area (Å²) in [5.41, 5.74) is 0. The van der Waals surface area contributed by atoms with Crippen LogP contribution in [-0.2, 0) is 4.74 Å². The highest BCUT2D eigenvalue weighted by Gasteiger charge is 2.08. The number of likely N-dealkylation sites (N-methyl/N-ethyl adjacent to an activating group) is 2. The maximum atomic E-state index is 8.82. The van der Waals surface area contributed by atoms with Crippen molar-refractivity contribution in [3.63, 3.8) is 0 Å². The zero-order valence-electron chi connectivity index (χ0n) is 9.62. The van der Waals surface area contributed by atoms with E-state index in [0.29, 0.717) is 6.04 Å². The van der Waals surface area contributed by atoms with E-state index in [1.165, 1.54) is 0 Å². The quantitative estimate of drug-likeness (QED) is 0.516. The Morgan fingerprint density at radius 1 is 1.50 bits per heavy atom. The van der Waals surface area contributed by atoms with Gasteiger partial charge in [-0.05, 0) is 26.9 Å². The number of nitrogens with one attached hydrogen (secondary N) is 1. The molecular weight excluding hydrogens is 180 g/mol. The average molecular weight is 204 g/mol. The summed E-state index contributed by atoms with van der Waals surface area (Å²) in [5.74, 6) is 0. The van der Waals surface area contributed by atoms with Gasteiger partial charge in [0.25, 0.3) is 0 Å². The molecule has 0 rings (SSSR count). The Hall–Kier alpha value is -0.160. The highest BCUT2D eigenvalue weighted by molar-refractivity contribution is 4.68. The van der Waals surface area contributed by atoms with E-state index in [4.69, 9.17) is 9.84 Å². The lowest BCUT2D eigenvalue weighted by Crippen LogP contribution is -2.38. The molecule has 0 fully saturated rings. The van der Waals surface area contributed by atoms with Crippen LogP contribution >= 0.6 is 0 Å². The van der Waals surface area contributed by atoms with Gasteiger partial charge in [-0.1, -0.05) is 0 Å². The van der Waals surface area contributed by atoms with E-state index in [1.54, 1.807) is 7.11 Å². The largest absolute Gasteiger partial charge is 0.396 e. The van der Waals surface area contributed by atoms with E-state index in [2.05, 4.69) is 17.3 Å². The van der Waals surface area contributed by atoms with Gasteiger partial charge in [-0.15, -0.1) is 0 Å². The van der Waals surface area contributed by atoms with E-state index in [9.17, 15) is 0 Å². The van der Waals surface area contributed by atoms with Gasteiger partial charge in [-0.3, -0.25) is 0 Å². The Balaban J connectivity index is 3.51. The van der Waals surface area contributed by atoms with Crippen LogP contribution in [0.3, 0.4) is 0 Å². The minimum atomic E-state index is 0.247. The van der Waals surface area contributed by atoms with E-state index < -0.39 is 0 Å². The minimum Gasteiger partial charge on any atom is -0.396 e. The molecule has 0 aromatic carbocycles. The fourth-order valence-electron chi connectivity index (χ4n) is 1.43. The summed E-state index contributed by atoms with van der Waals surface area (Å²) in [7, 11) is 5.75. The summed E-state index contributed by atoms with van der Waals surface area (Å²) in [6.07, 6.45) is 1.87. The molecule has 1 atom stereocenters. The molecule has 4 nitrogen and oxygen atoms in total. The van der Waals surface area contributed by atoms with E-state index >= 15 is 0 Å². The van der Waals surface area contributed by atoms with Crippen molar-refractivity contribution in [1.29, 1.82) is 0 Å². The Morgan fingerprint density at radius 2 is 2.21 bits per heavy atom. The Bertz CT molecular complexity index is 123. The van der Waals surface area contributed by atoms with Gasteiger partial charge < -0.3 is 20.1 Å². The number of methoxy groups -OCH3 is 1. The second-order valence-electron chi connectivity index (χ2n) is 3.61. The molecule has 0 spiro atoms. The van der Waals surface area contributed by atoms with Crippen molar-refractivity contribution in [3.8, 4) is 0 Å². The van der Waals surface area contributed by atoms with E-state index in [1.807, 2.05) is 7.05 Å². The minimum absolute atomic E-state index is 0.247. The summed E-state index contributed by atoms with van der Waals surface area (Å²) in [6.45, 7) is 3.07. The van der Waals surface area contributed by atoms with Gasteiger partial charge in [0.2, 0.25) is 0 Å². The van der Waals surface area contributed by atoms with Crippen LogP contribution < -0.4 is 5.32 Å². The molecule has 0 aliphatic carbocycles. The van der Waals surface area contributed by atoms with Crippen LogP contribution in [0.4, 0.5) is 0 Å². The van der Waals surface area contributed by atoms with Crippen LogP contribution in [0.1, 0.15) is 12.8 Å². The van der Waals surface area contributed by atoms with Crippen molar-refractivity contribution in [2.24, 2.45) is 0 Å². The van der Waals surface area contributed by atoms with Crippen LogP contribution in [-0.4, -0.2) is 63.6 Å². The SMILES string of the molecule is CNC(CCO)CN(C)CCCOC. The second kappa shape index (κ2) is 9.40. The molecule has 0 radical (unpaired) electrons. The lowest BCUT2D eigenvalue weighted by molar-refractivity contribution is 0.173. The number of aliphatic hydroxyl groups excluding tert-OH is 1. The molecule has 0 aliphatic rings. The number of hydrogen-bond donors (Lipinski definition) is 2. The molecule has 0 heterocycles. The molecule has 0 saturated carbocycles. The standard InChI is InChI=1S/C10H24N2O2/c1-11-10(5-7-13)9-12(2)6-4-8-14-3/h10-11,13H,4-9H2,1-3H3. The number of aliphatic hydroxyl groups is 1.